The predicted octanol–water partition coefficient (Wildman–Crippen LogP) is 3.10. The zero-order valence-electron chi connectivity index (χ0n) is 12.4. The van der Waals surface area contributed by atoms with Gasteiger partial charge in [0, 0.05) is 11.4 Å². The van der Waals surface area contributed by atoms with Crippen molar-refractivity contribution >= 4 is 24.2 Å². The molecule has 0 spiro atoms. The molecule has 1 aliphatic rings. The van der Waals surface area contributed by atoms with Gasteiger partial charge in [0.1, 0.15) is 0 Å². The number of nitriles is 1. The summed E-state index contributed by atoms with van der Waals surface area (Å²) in [5, 5.41) is 9.44. The molecule has 1 saturated heterocycles. The number of nitrogens with zero attached hydrogens (tertiary/aromatic N) is 1. The van der Waals surface area contributed by atoms with Gasteiger partial charge in [-0.3, -0.25) is 0 Å². The first-order valence-corrected chi connectivity index (χ1v) is 7.16. The lowest BCUT2D eigenvalue weighted by molar-refractivity contribution is 0.00578. The largest absolute Gasteiger partial charge is 0.495 e. The van der Waals surface area contributed by atoms with E-state index in [1.807, 2.05) is 45.9 Å². The van der Waals surface area contributed by atoms with E-state index < -0.39 is 7.12 Å². The summed E-state index contributed by atoms with van der Waals surface area (Å²) in [6, 6.07) is 7.84. The summed E-state index contributed by atoms with van der Waals surface area (Å²) in [4.78, 5) is 0. The highest BCUT2D eigenvalue weighted by molar-refractivity contribution is 6.63. The molecule has 0 aromatic heterocycles. The molecule has 2 rings (SSSR count). The number of halogens is 1. The van der Waals surface area contributed by atoms with Gasteiger partial charge < -0.3 is 9.31 Å². The average Bonchev–Trinajstić information content (AvgIpc) is 2.56. The third-order valence-corrected chi connectivity index (χ3v) is 4.50. The Bertz CT molecular complexity index is 535. The summed E-state index contributed by atoms with van der Waals surface area (Å²) < 4.78 is 12.1. The lowest BCUT2D eigenvalue weighted by atomic mass is 9.75. The normalized spacial score (nSPS) is 19.9. The van der Waals surface area contributed by atoms with Crippen molar-refractivity contribution in [1.82, 2.24) is 0 Å². The minimum Gasteiger partial charge on any atom is -0.399 e. The van der Waals surface area contributed by atoms with Gasteiger partial charge in [0.15, 0.2) is 0 Å². The first-order chi connectivity index (χ1) is 9.28. The zero-order chi connectivity index (χ0) is 15.0. The highest BCUT2D eigenvalue weighted by atomic mass is 35.5. The fourth-order valence-electron chi connectivity index (χ4n) is 2.21. The SMILES string of the molecule is CC1(C)OB(c2cccc(Cl)c2CCC#N)OC1(C)C. The lowest BCUT2D eigenvalue weighted by Crippen LogP contribution is -2.41. The van der Waals surface area contributed by atoms with E-state index in [-0.39, 0.29) is 11.2 Å². The van der Waals surface area contributed by atoms with Gasteiger partial charge in [-0.25, -0.2) is 0 Å². The Kier molecular flexibility index (Phi) is 4.15. The van der Waals surface area contributed by atoms with Gasteiger partial charge in [0.2, 0.25) is 0 Å². The summed E-state index contributed by atoms with van der Waals surface area (Å²) in [5.74, 6) is 0. The molecule has 20 heavy (non-hydrogen) atoms. The third kappa shape index (κ3) is 2.71. The van der Waals surface area contributed by atoms with Crippen molar-refractivity contribution < 1.29 is 9.31 Å². The van der Waals surface area contributed by atoms with E-state index >= 15 is 0 Å². The van der Waals surface area contributed by atoms with Crippen LogP contribution in [0.15, 0.2) is 18.2 Å². The summed E-state index contributed by atoms with van der Waals surface area (Å²) in [5.41, 5.74) is 1.10. The second-order valence-corrected chi connectivity index (χ2v) is 6.46. The van der Waals surface area contributed by atoms with E-state index in [9.17, 15) is 0 Å². The highest BCUT2D eigenvalue weighted by Gasteiger charge is 2.52. The Hall–Kier alpha value is -1.02. The molecule has 1 fully saturated rings. The predicted molar refractivity (Wildman–Crippen MR) is 81.1 cm³/mol. The van der Waals surface area contributed by atoms with Crippen LogP contribution in [0.2, 0.25) is 5.02 Å². The van der Waals surface area contributed by atoms with Crippen LogP contribution < -0.4 is 5.46 Å². The van der Waals surface area contributed by atoms with E-state index in [0.29, 0.717) is 17.9 Å². The first-order valence-electron chi connectivity index (χ1n) is 6.78. The topological polar surface area (TPSA) is 42.2 Å². The van der Waals surface area contributed by atoms with E-state index in [0.717, 1.165) is 11.0 Å². The number of rotatable bonds is 3. The van der Waals surface area contributed by atoms with Crippen molar-refractivity contribution in [1.29, 1.82) is 5.26 Å². The van der Waals surface area contributed by atoms with Gasteiger partial charge >= 0.3 is 7.12 Å². The fraction of sp³-hybridized carbons (Fsp3) is 0.533. The van der Waals surface area contributed by atoms with Gasteiger partial charge in [0.05, 0.1) is 17.3 Å². The highest BCUT2D eigenvalue weighted by Crippen LogP contribution is 2.37. The van der Waals surface area contributed by atoms with Crippen LogP contribution >= 0.6 is 11.6 Å². The van der Waals surface area contributed by atoms with Gasteiger partial charge in [-0.2, -0.15) is 5.26 Å². The van der Waals surface area contributed by atoms with E-state index in [2.05, 4.69) is 6.07 Å². The van der Waals surface area contributed by atoms with E-state index in [1.165, 1.54) is 0 Å². The maximum atomic E-state index is 8.79. The van der Waals surface area contributed by atoms with Crippen LogP contribution in [-0.4, -0.2) is 18.3 Å². The summed E-state index contributed by atoms with van der Waals surface area (Å²) in [6.07, 6.45) is 1.03. The fourth-order valence-corrected chi connectivity index (χ4v) is 2.49. The smallest absolute Gasteiger partial charge is 0.399 e. The van der Waals surface area contributed by atoms with Crippen LogP contribution in [0.4, 0.5) is 0 Å². The molecule has 3 nitrogen and oxygen atoms in total. The number of hydrogen-bond donors (Lipinski definition) is 0. The second-order valence-electron chi connectivity index (χ2n) is 6.05. The quantitative estimate of drug-likeness (QED) is 0.804. The van der Waals surface area contributed by atoms with Crippen molar-refractivity contribution in [3.63, 3.8) is 0 Å². The van der Waals surface area contributed by atoms with Crippen LogP contribution in [0.1, 0.15) is 39.7 Å². The maximum Gasteiger partial charge on any atom is 0.495 e. The van der Waals surface area contributed by atoms with Crippen molar-refractivity contribution in [3.05, 3.63) is 28.8 Å². The Morgan fingerprint density at radius 1 is 1.20 bits per heavy atom. The second kappa shape index (κ2) is 5.40. The van der Waals surface area contributed by atoms with Crippen LogP contribution in [0.3, 0.4) is 0 Å². The molecule has 5 heteroatoms. The lowest BCUT2D eigenvalue weighted by Gasteiger charge is -2.32. The minimum atomic E-state index is -0.438. The Morgan fingerprint density at radius 2 is 1.80 bits per heavy atom. The van der Waals surface area contributed by atoms with Gasteiger partial charge in [-0.15, -0.1) is 0 Å². The van der Waals surface area contributed by atoms with Crippen LogP contribution in [0.5, 0.6) is 0 Å². The molecule has 0 saturated carbocycles. The molecule has 0 amide bonds. The molecule has 106 valence electrons. The molecule has 0 unspecified atom stereocenters. The van der Waals surface area contributed by atoms with Crippen molar-refractivity contribution in [2.24, 2.45) is 0 Å². The van der Waals surface area contributed by atoms with Crippen LogP contribution in [-0.2, 0) is 15.7 Å². The Labute approximate surface area is 126 Å². The number of hydrogen-bond acceptors (Lipinski definition) is 3. The number of benzene rings is 1. The molecular weight excluding hydrogens is 272 g/mol. The monoisotopic (exact) mass is 291 g/mol. The van der Waals surface area contributed by atoms with Gasteiger partial charge in [-0.05, 0) is 51.2 Å². The molecular formula is C15H19BClNO2. The van der Waals surface area contributed by atoms with E-state index in [1.54, 1.807) is 0 Å². The molecule has 0 radical (unpaired) electrons. The van der Waals surface area contributed by atoms with Gasteiger partial charge in [0.25, 0.3) is 0 Å². The Balaban J connectivity index is 2.35. The molecule has 0 N–H and O–H groups in total. The molecule has 1 aliphatic heterocycles. The Morgan fingerprint density at radius 3 is 2.35 bits per heavy atom. The van der Waals surface area contributed by atoms with Crippen LogP contribution in [0.25, 0.3) is 0 Å². The molecule has 0 atom stereocenters. The zero-order valence-corrected chi connectivity index (χ0v) is 13.1. The molecule has 1 aromatic carbocycles. The molecule has 1 heterocycles. The minimum absolute atomic E-state index is 0.382. The van der Waals surface area contributed by atoms with Crippen molar-refractivity contribution in [3.8, 4) is 6.07 Å². The third-order valence-electron chi connectivity index (χ3n) is 4.15. The maximum absolute atomic E-state index is 8.79. The first kappa shape index (κ1) is 15.4. The molecule has 0 aliphatic carbocycles. The summed E-state index contributed by atoms with van der Waals surface area (Å²) in [6.45, 7) is 8.08. The van der Waals surface area contributed by atoms with Gasteiger partial charge in [-0.1, -0.05) is 23.7 Å². The standard InChI is InChI=1S/C15H19BClNO2/c1-14(2)15(3,4)20-16(19-14)12-8-5-9-13(17)11(12)7-6-10-18/h5,8-9H,6-7H2,1-4H3. The molecule has 1 aromatic rings. The average molecular weight is 292 g/mol. The van der Waals surface area contributed by atoms with E-state index in [4.69, 9.17) is 26.2 Å². The molecule has 0 bridgehead atoms. The summed E-state index contributed by atoms with van der Waals surface area (Å²) >= 11 is 6.27. The summed E-state index contributed by atoms with van der Waals surface area (Å²) in [7, 11) is -0.438. The van der Waals surface area contributed by atoms with Crippen molar-refractivity contribution in [2.45, 2.75) is 51.7 Å². The van der Waals surface area contributed by atoms with Crippen LogP contribution in [0, 0.1) is 11.3 Å². The van der Waals surface area contributed by atoms with Crippen molar-refractivity contribution in [2.75, 3.05) is 0 Å².